The fourth-order valence-corrected chi connectivity index (χ4v) is 2.55. The molecule has 1 saturated heterocycles. The first-order valence-corrected chi connectivity index (χ1v) is 7.69. The maximum atomic E-state index is 12.5. The number of nitrogens with two attached hydrogens (primary N) is 1. The third-order valence-electron chi connectivity index (χ3n) is 3.90. The fraction of sp³-hybridized carbons (Fsp3) is 0.294. The number of pyridine rings is 1. The Kier molecular flexibility index (Phi) is 4.63. The Morgan fingerprint density at radius 3 is 2.44 bits per heavy atom. The average molecular weight is 351 g/mol. The van der Waals surface area contributed by atoms with E-state index in [1.165, 1.54) is 0 Å². The maximum absolute atomic E-state index is 12.5. The predicted molar refractivity (Wildman–Crippen MR) is 84.3 cm³/mol. The van der Waals surface area contributed by atoms with Crippen molar-refractivity contribution in [2.45, 2.75) is 18.6 Å². The van der Waals surface area contributed by atoms with Crippen LogP contribution in [0.25, 0.3) is 0 Å². The number of nitrogens with zero attached hydrogens (tertiary/aromatic N) is 2. The largest absolute Gasteiger partial charge is 0.439 e. The van der Waals surface area contributed by atoms with E-state index >= 15 is 0 Å². The third kappa shape index (κ3) is 4.08. The zero-order chi connectivity index (χ0) is 18.0. The molecule has 0 bridgehead atoms. The van der Waals surface area contributed by atoms with Gasteiger partial charge < -0.3 is 15.4 Å². The minimum atomic E-state index is -4.44. The summed E-state index contributed by atoms with van der Waals surface area (Å²) < 4.78 is 42.9. The number of hydrogen-bond acceptors (Lipinski definition) is 4. The highest BCUT2D eigenvalue weighted by Crippen LogP contribution is 2.30. The van der Waals surface area contributed by atoms with E-state index in [0.717, 1.165) is 18.6 Å². The number of ether oxygens (including phenoxy) is 1. The second-order valence-corrected chi connectivity index (χ2v) is 5.81. The summed E-state index contributed by atoms with van der Waals surface area (Å²) in [6.07, 6.45) is -2.94. The van der Waals surface area contributed by atoms with Crippen molar-refractivity contribution in [2.24, 2.45) is 5.73 Å². The molecule has 1 amide bonds. The molecule has 2 N–H and O–H groups in total. The van der Waals surface area contributed by atoms with Gasteiger partial charge >= 0.3 is 6.18 Å². The molecule has 0 spiro atoms. The summed E-state index contributed by atoms with van der Waals surface area (Å²) in [6.45, 7) is 1.17. The Hall–Kier alpha value is -2.61. The molecular formula is C17H16F3N3O2. The number of rotatable bonds is 3. The van der Waals surface area contributed by atoms with Gasteiger partial charge in [-0.15, -0.1) is 0 Å². The van der Waals surface area contributed by atoms with Gasteiger partial charge in [-0.3, -0.25) is 4.79 Å². The van der Waals surface area contributed by atoms with Crippen LogP contribution >= 0.6 is 0 Å². The van der Waals surface area contributed by atoms with Crippen LogP contribution in [0.3, 0.4) is 0 Å². The summed E-state index contributed by atoms with van der Waals surface area (Å²) in [6, 6.07) is 8.41. The molecule has 1 aromatic heterocycles. The topological polar surface area (TPSA) is 68.5 Å². The zero-order valence-corrected chi connectivity index (χ0v) is 13.2. The molecule has 25 heavy (non-hydrogen) atoms. The van der Waals surface area contributed by atoms with E-state index in [2.05, 4.69) is 4.98 Å². The van der Waals surface area contributed by atoms with Gasteiger partial charge in [0.05, 0.1) is 5.56 Å². The lowest BCUT2D eigenvalue weighted by atomic mass is 10.2. The van der Waals surface area contributed by atoms with Crippen LogP contribution in [-0.4, -0.2) is 34.9 Å². The fourth-order valence-electron chi connectivity index (χ4n) is 2.55. The normalized spacial score (nSPS) is 17.6. The standard InChI is InChI=1S/C17H16F3N3O2/c18-17(19,20)12-3-6-15(22-9-12)25-14-4-1-11(2-5-14)16(24)23-8-7-13(21)10-23/h1-6,9,13H,7-8,10,21H2/t13-/m1/s1. The van der Waals surface area contributed by atoms with E-state index in [-0.39, 0.29) is 17.8 Å². The lowest BCUT2D eigenvalue weighted by Gasteiger charge is -2.16. The van der Waals surface area contributed by atoms with Crippen LogP contribution in [0.2, 0.25) is 0 Å². The monoisotopic (exact) mass is 351 g/mol. The molecule has 8 heteroatoms. The van der Waals surface area contributed by atoms with Crippen LogP contribution < -0.4 is 10.5 Å². The van der Waals surface area contributed by atoms with Crippen LogP contribution in [0, 0.1) is 0 Å². The first-order chi connectivity index (χ1) is 11.8. The number of hydrogen-bond donors (Lipinski definition) is 1. The summed E-state index contributed by atoms with van der Waals surface area (Å²) in [5, 5.41) is 0. The van der Waals surface area contributed by atoms with Gasteiger partial charge in [0, 0.05) is 37.0 Å². The summed E-state index contributed by atoms with van der Waals surface area (Å²) in [7, 11) is 0. The molecule has 2 aromatic rings. The van der Waals surface area contributed by atoms with E-state index in [9.17, 15) is 18.0 Å². The van der Waals surface area contributed by atoms with Gasteiger partial charge in [-0.2, -0.15) is 13.2 Å². The van der Waals surface area contributed by atoms with Crippen molar-refractivity contribution in [1.29, 1.82) is 0 Å². The smallest absolute Gasteiger partial charge is 0.417 e. The summed E-state index contributed by atoms with van der Waals surface area (Å²) in [5.74, 6) is 0.312. The quantitative estimate of drug-likeness (QED) is 0.923. The number of likely N-dealkylation sites (tertiary alicyclic amines) is 1. The molecular weight excluding hydrogens is 335 g/mol. The highest BCUT2D eigenvalue weighted by molar-refractivity contribution is 5.94. The molecule has 1 atom stereocenters. The highest BCUT2D eigenvalue weighted by atomic mass is 19.4. The van der Waals surface area contributed by atoms with Gasteiger partial charge in [-0.1, -0.05) is 0 Å². The Morgan fingerprint density at radius 1 is 1.20 bits per heavy atom. The van der Waals surface area contributed by atoms with Crippen LogP contribution in [0.1, 0.15) is 22.3 Å². The molecule has 1 aromatic carbocycles. The van der Waals surface area contributed by atoms with Gasteiger partial charge in [0.15, 0.2) is 0 Å². The summed E-state index contributed by atoms with van der Waals surface area (Å²) >= 11 is 0. The Morgan fingerprint density at radius 2 is 1.92 bits per heavy atom. The number of aromatic nitrogens is 1. The number of amides is 1. The van der Waals surface area contributed by atoms with Crippen molar-refractivity contribution in [2.75, 3.05) is 13.1 Å². The predicted octanol–water partition coefficient (Wildman–Crippen LogP) is 3.07. The molecule has 1 aliphatic heterocycles. The molecule has 0 unspecified atom stereocenters. The van der Waals surface area contributed by atoms with Crippen molar-refractivity contribution >= 4 is 5.91 Å². The second-order valence-electron chi connectivity index (χ2n) is 5.81. The van der Waals surface area contributed by atoms with E-state index < -0.39 is 11.7 Å². The molecule has 0 aliphatic carbocycles. The van der Waals surface area contributed by atoms with Crippen molar-refractivity contribution in [3.8, 4) is 11.6 Å². The van der Waals surface area contributed by atoms with E-state index in [1.54, 1.807) is 29.2 Å². The molecule has 3 rings (SSSR count). The summed E-state index contributed by atoms with van der Waals surface area (Å²) in [4.78, 5) is 17.6. The van der Waals surface area contributed by atoms with Gasteiger partial charge in [0.1, 0.15) is 5.75 Å². The van der Waals surface area contributed by atoms with E-state index in [4.69, 9.17) is 10.5 Å². The lowest BCUT2D eigenvalue weighted by molar-refractivity contribution is -0.137. The van der Waals surface area contributed by atoms with Gasteiger partial charge in [0.25, 0.3) is 5.91 Å². The molecule has 1 fully saturated rings. The van der Waals surface area contributed by atoms with Gasteiger partial charge in [0.2, 0.25) is 5.88 Å². The average Bonchev–Trinajstić information content (AvgIpc) is 3.01. The Balaban J connectivity index is 1.65. The molecule has 132 valence electrons. The van der Waals surface area contributed by atoms with E-state index in [0.29, 0.717) is 30.6 Å². The first-order valence-electron chi connectivity index (χ1n) is 7.69. The summed E-state index contributed by atoms with van der Waals surface area (Å²) in [5.41, 5.74) is 5.46. The number of carbonyl (C=O) groups excluding carboxylic acids is 1. The molecule has 2 heterocycles. The van der Waals surface area contributed by atoms with Crippen LogP contribution in [0.15, 0.2) is 42.6 Å². The third-order valence-corrected chi connectivity index (χ3v) is 3.90. The maximum Gasteiger partial charge on any atom is 0.417 e. The molecule has 0 saturated carbocycles. The van der Waals surface area contributed by atoms with Crippen LogP contribution in [0.5, 0.6) is 11.6 Å². The Bertz CT molecular complexity index is 745. The zero-order valence-electron chi connectivity index (χ0n) is 13.2. The Labute approximate surface area is 142 Å². The van der Waals surface area contributed by atoms with Gasteiger partial charge in [-0.25, -0.2) is 4.98 Å². The van der Waals surface area contributed by atoms with Crippen LogP contribution in [0.4, 0.5) is 13.2 Å². The SMILES string of the molecule is N[C@@H]1CCN(C(=O)c2ccc(Oc3ccc(C(F)(F)F)cn3)cc2)C1. The van der Waals surface area contributed by atoms with Crippen LogP contribution in [-0.2, 0) is 6.18 Å². The van der Waals surface area contributed by atoms with Crippen molar-refractivity contribution in [3.63, 3.8) is 0 Å². The van der Waals surface area contributed by atoms with Crippen molar-refractivity contribution < 1.29 is 22.7 Å². The van der Waals surface area contributed by atoms with Crippen molar-refractivity contribution in [1.82, 2.24) is 9.88 Å². The second kappa shape index (κ2) is 6.72. The molecule has 5 nitrogen and oxygen atoms in total. The molecule has 1 aliphatic rings. The van der Waals surface area contributed by atoms with Gasteiger partial charge in [-0.05, 0) is 36.8 Å². The highest BCUT2D eigenvalue weighted by Gasteiger charge is 2.30. The number of carbonyl (C=O) groups is 1. The number of benzene rings is 1. The minimum Gasteiger partial charge on any atom is -0.439 e. The number of halogens is 3. The van der Waals surface area contributed by atoms with E-state index in [1.807, 2.05) is 0 Å². The lowest BCUT2D eigenvalue weighted by Crippen LogP contribution is -2.31. The van der Waals surface area contributed by atoms with Crippen molar-refractivity contribution in [3.05, 3.63) is 53.7 Å². The number of alkyl halides is 3. The first kappa shape index (κ1) is 17.2. The minimum absolute atomic E-state index is 0.0114. The molecule has 0 radical (unpaired) electrons.